The van der Waals surface area contributed by atoms with Gasteiger partial charge in [0.2, 0.25) is 10.0 Å². The number of aromatic carboxylic acids is 1. The SMILES string of the molecule is CCOc1ccc(S(=O)(=O)N2CCOCC2C#N)cc1C(=O)O. The van der Waals surface area contributed by atoms with Gasteiger partial charge in [0.05, 0.1) is 30.8 Å². The average Bonchev–Trinajstić information content (AvgIpc) is 2.55. The zero-order chi connectivity index (χ0) is 17.0. The zero-order valence-corrected chi connectivity index (χ0v) is 13.2. The van der Waals surface area contributed by atoms with E-state index in [0.29, 0.717) is 0 Å². The molecule has 0 saturated carbocycles. The molecule has 1 fully saturated rings. The number of carboxylic acid groups (broad SMARTS) is 1. The molecule has 1 aliphatic rings. The number of benzene rings is 1. The molecule has 124 valence electrons. The van der Waals surface area contributed by atoms with Crippen molar-refractivity contribution in [1.82, 2.24) is 4.31 Å². The Balaban J connectivity index is 2.45. The van der Waals surface area contributed by atoms with Crippen molar-refractivity contribution in [2.45, 2.75) is 17.9 Å². The number of rotatable bonds is 5. The van der Waals surface area contributed by atoms with Crippen LogP contribution >= 0.6 is 0 Å². The summed E-state index contributed by atoms with van der Waals surface area (Å²) in [4.78, 5) is 11.1. The third-order valence-electron chi connectivity index (χ3n) is 3.32. The highest BCUT2D eigenvalue weighted by molar-refractivity contribution is 7.89. The van der Waals surface area contributed by atoms with Crippen LogP contribution in [0.5, 0.6) is 5.75 Å². The highest BCUT2D eigenvalue weighted by atomic mass is 32.2. The Morgan fingerprint density at radius 2 is 2.30 bits per heavy atom. The van der Waals surface area contributed by atoms with Gasteiger partial charge in [-0.3, -0.25) is 0 Å². The van der Waals surface area contributed by atoms with Gasteiger partial charge in [-0.15, -0.1) is 0 Å². The maximum Gasteiger partial charge on any atom is 0.339 e. The first kappa shape index (κ1) is 17.2. The van der Waals surface area contributed by atoms with Crippen molar-refractivity contribution in [3.63, 3.8) is 0 Å². The van der Waals surface area contributed by atoms with Gasteiger partial charge in [-0.1, -0.05) is 0 Å². The number of ether oxygens (including phenoxy) is 2. The summed E-state index contributed by atoms with van der Waals surface area (Å²) in [6.45, 7) is 2.16. The van der Waals surface area contributed by atoms with Crippen LogP contribution in [-0.2, 0) is 14.8 Å². The first-order valence-corrected chi connectivity index (χ1v) is 8.35. The Bertz CT molecular complexity index is 740. The summed E-state index contributed by atoms with van der Waals surface area (Å²) in [5.74, 6) is -1.19. The summed E-state index contributed by atoms with van der Waals surface area (Å²) in [6, 6.07) is 4.57. The molecule has 1 atom stereocenters. The summed E-state index contributed by atoms with van der Waals surface area (Å²) in [5.41, 5.74) is -0.241. The number of morpholine rings is 1. The number of carboxylic acids is 1. The Morgan fingerprint density at radius 1 is 1.57 bits per heavy atom. The van der Waals surface area contributed by atoms with E-state index in [1.165, 1.54) is 12.1 Å². The van der Waals surface area contributed by atoms with Gasteiger partial charge in [0.25, 0.3) is 0 Å². The molecule has 0 radical (unpaired) electrons. The predicted molar refractivity (Wildman–Crippen MR) is 78.7 cm³/mol. The molecule has 23 heavy (non-hydrogen) atoms. The maximum atomic E-state index is 12.7. The van der Waals surface area contributed by atoms with E-state index in [1.54, 1.807) is 6.92 Å². The van der Waals surface area contributed by atoms with Gasteiger partial charge in [-0.25, -0.2) is 13.2 Å². The molecule has 1 aliphatic heterocycles. The van der Waals surface area contributed by atoms with Crippen molar-refractivity contribution in [3.05, 3.63) is 23.8 Å². The molecule has 9 heteroatoms. The van der Waals surface area contributed by atoms with Crippen molar-refractivity contribution >= 4 is 16.0 Å². The first-order chi connectivity index (χ1) is 10.9. The lowest BCUT2D eigenvalue weighted by Gasteiger charge is -2.30. The van der Waals surface area contributed by atoms with E-state index in [4.69, 9.17) is 14.7 Å². The normalized spacial score (nSPS) is 19.0. The summed E-state index contributed by atoms with van der Waals surface area (Å²) in [6.07, 6.45) is 0. The van der Waals surface area contributed by atoms with Crippen molar-refractivity contribution in [3.8, 4) is 11.8 Å². The van der Waals surface area contributed by atoms with E-state index >= 15 is 0 Å². The molecule has 1 unspecified atom stereocenters. The van der Waals surface area contributed by atoms with Crippen molar-refractivity contribution in [1.29, 1.82) is 5.26 Å². The van der Waals surface area contributed by atoms with E-state index in [0.717, 1.165) is 10.4 Å². The van der Waals surface area contributed by atoms with Crippen molar-refractivity contribution < 1.29 is 27.8 Å². The van der Waals surface area contributed by atoms with Crippen molar-refractivity contribution in [2.75, 3.05) is 26.4 Å². The van der Waals surface area contributed by atoms with Gasteiger partial charge >= 0.3 is 5.97 Å². The van der Waals surface area contributed by atoms with Gasteiger partial charge in [-0.05, 0) is 25.1 Å². The van der Waals surface area contributed by atoms with Gasteiger partial charge in [0, 0.05) is 6.54 Å². The number of hydrogen-bond acceptors (Lipinski definition) is 6. The van der Waals surface area contributed by atoms with Crippen LogP contribution in [0.1, 0.15) is 17.3 Å². The number of hydrogen-bond donors (Lipinski definition) is 1. The zero-order valence-electron chi connectivity index (χ0n) is 12.4. The summed E-state index contributed by atoms with van der Waals surface area (Å²) in [5, 5.41) is 18.3. The molecule has 8 nitrogen and oxygen atoms in total. The van der Waals surface area contributed by atoms with E-state index in [1.807, 2.05) is 6.07 Å². The minimum Gasteiger partial charge on any atom is -0.493 e. The van der Waals surface area contributed by atoms with Gasteiger partial charge < -0.3 is 14.6 Å². The van der Waals surface area contributed by atoms with Crippen LogP contribution in [0.15, 0.2) is 23.1 Å². The van der Waals surface area contributed by atoms with Crippen LogP contribution in [0.2, 0.25) is 0 Å². The number of carbonyl (C=O) groups is 1. The molecule has 1 aromatic rings. The maximum absolute atomic E-state index is 12.7. The minimum absolute atomic E-state index is 0.0153. The second-order valence-electron chi connectivity index (χ2n) is 4.73. The predicted octanol–water partition coefficient (Wildman–Crippen LogP) is 0.697. The van der Waals surface area contributed by atoms with Gasteiger partial charge in [-0.2, -0.15) is 9.57 Å². The van der Waals surface area contributed by atoms with Crippen LogP contribution < -0.4 is 4.74 Å². The Hall–Kier alpha value is -2.15. The standard InChI is InChI=1S/C14H16N2O6S/c1-2-22-13-4-3-11(7-12(13)14(17)18)23(19,20)16-5-6-21-9-10(16)8-15/h3-4,7,10H,2,5-6,9H2,1H3,(H,17,18). The molecule has 0 aliphatic carbocycles. The fraction of sp³-hybridized carbons (Fsp3) is 0.429. The smallest absolute Gasteiger partial charge is 0.339 e. The van der Waals surface area contributed by atoms with E-state index < -0.39 is 22.0 Å². The largest absolute Gasteiger partial charge is 0.493 e. The average molecular weight is 340 g/mol. The number of nitrogens with zero attached hydrogens (tertiary/aromatic N) is 2. The molecule has 1 N–H and O–H groups in total. The molecule has 1 heterocycles. The van der Waals surface area contributed by atoms with E-state index in [2.05, 4.69) is 0 Å². The lowest BCUT2D eigenvalue weighted by molar-refractivity contribution is 0.0511. The number of nitriles is 1. The fourth-order valence-corrected chi connectivity index (χ4v) is 3.77. The lowest BCUT2D eigenvalue weighted by Crippen LogP contribution is -2.47. The molecule has 0 amide bonds. The summed E-state index contributed by atoms with van der Waals surface area (Å²) >= 11 is 0. The molecule has 1 saturated heterocycles. The highest BCUT2D eigenvalue weighted by Gasteiger charge is 2.34. The quantitative estimate of drug-likeness (QED) is 0.838. The van der Waals surface area contributed by atoms with Gasteiger partial charge in [0.15, 0.2) is 0 Å². The second-order valence-corrected chi connectivity index (χ2v) is 6.62. The highest BCUT2D eigenvalue weighted by Crippen LogP contribution is 2.26. The molecule has 0 bridgehead atoms. The fourth-order valence-electron chi connectivity index (χ4n) is 2.23. The molecular weight excluding hydrogens is 324 g/mol. The van der Waals surface area contributed by atoms with Crippen LogP contribution in [-0.4, -0.2) is 56.2 Å². The van der Waals surface area contributed by atoms with Crippen LogP contribution in [0.25, 0.3) is 0 Å². The molecular formula is C14H16N2O6S. The molecule has 0 aromatic heterocycles. The molecule has 0 spiro atoms. The Kier molecular flexibility index (Phi) is 5.20. The summed E-state index contributed by atoms with van der Waals surface area (Å²) in [7, 11) is -4.00. The van der Waals surface area contributed by atoms with E-state index in [9.17, 15) is 18.3 Å². The Morgan fingerprint density at radius 3 is 2.91 bits per heavy atom. The van der Waals surface area contributed by atoms with Gasteiger partial charge in [0.1, 0.15) is 17.4 Å². The third-order valence-corrected chi connectivity index (χ3v) is 5.22. The van der Waals surface area contributed by atoms with Crippen molar-refractivity contribution in [2.24, 2.45) is 0 Å². The molecule has 2 rings (SSSR count). The van der Waals surface area contributed by atoms with Crippen LogP contribution in [0, 0.1) is 11.3 Å². The minimum atomic E-state index is -4.00. The first-order valence-electron chi connectivity index (χ1n) is 6.91. The third kappa shape index (κ3) is 3.44. The molecule has 1 aromatic carbocycles. The number of sulfonamides is 1. The summed E-state index contributed by atoms with van der Waals surface area (Å²) < 4.78 is 36.7. The topological polar surface area (TPSA) is 117 Å². The second kappa shape index (κ2) is 6.95. The lowest BCUT2D eigenvalue weighted by atomic mass is 10.2. The van der Waals surface area contributed by atoms with Crippen LogP contribution in [0.3, 0.4) is 0 Å². The van der Waals surface area contributed by atoms with E-state index in [-0.39, 0.29) is 42.6 Å². The van der Waals surface area contributed by atoms with Crippen LogP contribution in [0.4, 0.5) is 0 Å². The Labute approximate surface area is 133 Å². The monoisotopic (exact) mass is 340 g/mol.